The fourth-order valence-electron chi connectivity index (χ4n) is 2.03. The summed E-state index contributed by atoms with van der Waals surface area (Å²) in [5.74, 6) is -3.31. The Morgan fingerprint density at radius 2 is 1.77 bits per heavy atom. The van der Waals surface area contributed by atoms with Crippen LogP contribution in [0.4, 0.5) is 8.78 Å². The lowest BCUT2D eigenvalue weighted by atomic mass is 10.2. The highest BCUT2D eigenvalue weighted by Gasteiger charge is 2.22. The first-order chi connectivity index (χ1) is 12.3. The van der Waals surface area contributed by atoms with Crippen LogP contribution >= 0.6 is 11.6 Å². The molecule has 5 nitrogen and oxygen atoms in total. The lowest BCUT2D eigenvalue weighted by Gasteiger charge is -2.14. The summed E-state index contributed by atoms with van der Waals surface area (Å²) >= 11 is 5.71. The van der Waals surface area contributed by atoms with Gasteiger partial charge in [0.1, 0.15) is 5.75 Å². The Balaban J connectivity index is 1.93. The highest BCUT2D eigenvalue weighted by atomic mass is 35.5. The number of methoxy groups -OCH3 is 1. The van der Waals surface area contributed by atoms with Gasteiger partial charge in [-0.05, 0) is 36.8 Å². The van der Waals surface area contributed by atoms with Gasteiger partial charge in [0.05, 0.1) is 17.7 Å². The molecule has 2 aromatic rings. The Kier molecular flexibility index (Phi) is 6.52. The topological polar surface area (TPSA) is 64.6 Å². The van der Waals surface area contributed by atoms with E-state index in [4.69, 9.17) is 21.1 Å². The third-order valence-corrected chi connectivity index (χ3v) is 3.82. The van der Waals surface area contributed by atoms with Crippen molar-refractivity contribution in [3.63, 3.8) is 0 Å². The van der Waals surface area contributed by atoms with Gasteiger partial charge in [-0.3, -0.25) is 4.79 Å². The molecule has 0 fully saturated rings. The summed E-state index contributed by atoms with van der Waals surface area (Å²) in [4.78, 5) is 24.0. The number of benzene rings is 2. The maximum Gasteiger partial charge on any atom is 0.340 e. The second-order valence-electron chi connectivity index (χ2n) is 5.36. The molecule has 1 amide bonds. The maximum atomic E-state index is 13.2. The molecular formula is C18H16ClF2NO4. The summed E-state index contributed by atoms with van der Waals surface area (Å²) in [7, 11) is 1.55. The number of hydrogen-bond acceptors (Lipinski definition) is 4. The zero-order valence-corrected chi connectivity index (χ0v) is 14.8. The third kappa shape index (κ3) is 4.92. The summed E-state index contributed by atoms with van der Waals surface area (Å²) < 4.78 is 36.3. The van der Waals surface area contributed by atoms with Crippen LogP contribution in [-0.2, 0) is 16.1 Å². The van der Waals surface area contributed by atoms with E-state index in [0.717, 1.165) is 5.56 Å². The molecule has 8 heteroatoms. The van der Waals surface area contributed by atoms with Crippen molar-refractivity contribution in [1.29, 1.82) is 0 Å². The van der Waals surface area contributed by atoms with E-state index in [1.165, 1.54) is 6.92 Å². The van der Waals surface area contributed by atoms with Gasteiger partial charge in [0.2, 0.25) is 0 Å². The Morgan fingerprint density at radius 3 is 2.38 bits per heavy atom. The van der Waals surface area contributed by atoms with E-state index in [1.54, 1.807) is 31.4 Å². The van der Waals surface area contributed by atoms with Gasteiger partial charge >= 0.3 is 5.97 Å². The van der Waals surface area contributed by atoms with Crippen molar-refractivity contribution in [2.45, 2.75) is 19.6 Å². The van der Waals surface area contributed by atoms with Crippen LogP contribution in [0.5, 0.6) is 5.75 Å². The van der Waals surface area contributed by atoms with E-state index in [1.807, 2.05) is 0 Å². The molecule has 0 saturated carbocycles. The van der Waals surface area contributed by atoms with Gasteiger partial charge in [0.25, 0.3) is 5.91 Å². The summed E-state index contributed by atoms with van der Waals surface area (Å²) in [5, 5.41) is 2.30. The van der Waals surface area contributed by atoms with Gasteiger partial charge in [-0.25, -0.2) is 13.6 Å². The van der Waals surface area contributed by atoms with Gasteiger partial charge in [0, 0.05) is 6.54 Å². The monoisotopic (exact) mass is 383 g/mol. The van der Waals surface area contributed by atoms with Crippen LogP contribution in [0, 0.1) is 11.6 Å². The molecule has 0 spiro atoms. The molecule has 0 saturated heterocycles. The molecule has 1 N–H and O–H groups in total. The SMILES string of the molecule is COc1ccc(CNC(=O)[C@@H](C)OC(=O)c2cc(F)c(F)cc2Cl)cc1. The number of esters is 1. The van der Waals surface area contributed by atoms with Gasteiger partial charge in [-0.15, -0.1) is 0 Å². The van der Waals surface area contributed by atoms with E-state index in [0.29, 0.717) is 17.9 Å². The second kappa shape index (κ2) is 8.62. The largest absolute Gasteiger partial charge is 0.497 e. The van der Waals surface area contributed by atoms with Crippen LogP contribution in [0.1, 0.15) is 22.8 Å². The van der Waals surface area contributed by atoms with Crippen LogP contribution in [0.2, 0.25) is 5.02 Å². The number of carbonyl (C=O) groups is 2. The minimum Gasteiger partial charge on any atom is -0.497 e. The number of halogens is 3. The highest BCUT2D eigenvalue weighted by molar-refractivity contribution is 6.33. The van der Waals surface area contributed by atoms with Gasteiger partial charge in [-0.2, -0.15) is 0 Å². The predicted molar refractivity (Wildman–Crippen MR) is 91.1 cm³/mol. The number of carbonyl (C=O) groups excluding carboxylic acids is 2. The molecule has 1 atom stereocenters. The van der Waals surface area contributed by atoms with Crippen molar-refractivity contribution in [1.82, 2.24) is 5.32 Å². The second-order valence-corrected chi connectivity index (χ2v) is 5.77. The molecular weight excluding hydrogens is 368 g/mol. The van der Waals surface area contributed by atoms with E-state index in [9.17, 15) is 18.4 Å². The molecule has 2 aromatic carbocycles. The molecule has 0 aliphatic heterocycles. The smallest absolute Gasteiger partial charge is 0.340 e. The number of nitrogens with one attached hydrogen (secondary N) is 1. The first kappa shape index (κ1) is 19.7. The Bertz CT molecular complexity index is 812. The first-order valence-corrected chi connectivity index (χ1v) is 7.95. The minimum absolute atomic E-state index is 0.219. The molecule has 26 heavy (non-hydrogen) atoms. The number of rotatable bonds is 6. The zero-order valence-electron chi connectivity index (χ0n) is 14.0. The molecule has 0 radical (unpaired) electrons. The number of hydrogen-bond donors (Lipinski definition) is 1. The fourth-order valence-corrected chi connectivity index (χ4v) is 2.26. The first-order valence-electron chi connectivity index (χ1n) is 7.58. The fraction of sp³-hybridized carbons (Fsp3) is 0.222. The standard InChI is InChI=1S/C18H16ClF2NO4/c1-10(17(23)22-9-11-3-5-12(25-2)6-4-11)26-18(24)13-7-15(20)16(21)8-14(13)19/h3-8,10H,9H2,1-2H3,(H,22,23)/t10-/m1/s1. The Labute approximate surface area is 153 Å². The quantitative estimate of drug-likeness (QED) is 0.612. The summed E-state index contributed by atoms with van der Waals surface area (Å²) in [5.41, 5.74) is 0.460. The summed E-state index contributed by atoms with van der Waals surface area (Å²) in [6, 6.07) is 8.34. The maximum absolute atomic E-state index is 13.2. The van der Waals surface area contributed by atoms with Crippen molar-refractivity contribution in [3.8, 4) is 5.75 Å². The minimum atomic E-state index is -1.24. The summed E-state index contributed by atoms with van der Waals surface area (Å²) in [6.45, 7) is 1.58. The average Bonchev–Trinajstić information content (AvgIpc) is 2.62. The molecule has 138 valence electrons. The molecule has 2 rings (SSSR count). The van der Waals surface area contributed by atoms with Crippen molar-refractivity contribution in [2.75, 3.05) is 7.11 Å². The lowest BCUT2D eigenvalue weighted by molar-refractivity contribution is -0.129. The molecule has 0 heterocycles. The third-order valence-electron chi connectivity index (χ3n) is 3.51. The average molecular weight is 384 g/mol. The molecule has 0 unspecified atom stereocenters. The lowest BCUT2D eigenvalue weighted by Crippen LogP contribution is -2.35. The normalized spacial score (nSPS) is 11.6. The molecule has 0 bridgehead atoms. The van der Waals surface area contributed by atoms with Gasteiger partial charge < -0.3 is 14.8 Å². The van der Waals surface area contributed by atoms with Crippen LogP contribution in [0.3, 0.4) is 0 Å². The van der Waals surface area contributed by atoms with Crippen LogP contribution in [0.25, 0.3) is 0 Å². The number of ether oxygens (including phenoxy) is 2. The Hall–Kier alpha value is -2.67. The highest BCUT2D eigenvalue weighted by Crippen LogP contribution is 2.21. The Morgan fingerprint density at radius 1 is 1.15 bits per heavy atom. The predicted octanol–water partition coefficient (Wildman–Crippen LogP) is 3.49. The van der Waals surface area contributed by atoms with E-state index < -0.39 is 29.6 Å². The summed E-state index contributed by atoms with van der Waals surface area (Å²) in [6.07, 6.45) is -1.15. The van der Waals surface area contributed by atoms with Gasteiger partial charge in [-0.1, -0.05) is 23.7 Å². The van der Waals surface area contributed by atoms with E-state index in [2.05, 4.69) is 5.32 Å². The van der Waals surface area contributed by atoms with Crippen molar-refractivity contribution < 1.29 is 27.8 Å². The van der Waals surface area contributed by atoms with Crippen LogP contribution < -0.4 is 10.1 Å². The van der Waals surface area contributed by atoms with Crippen LogP contribution in [-0.4, -0.2) is 25.1 Å². The van der Waals surface area contributed by atoms with Crippen molar-refractivity contribution in [3.05, 3.63) is 64.2 Å². The van der Waals surface area contributed by atoms with Crippen molar-refractivity contribution in [2.24, 2.45) is 0 Å². The van der Waals surface area contributed by atoms with Crippen molar-refractivity contribution >= 4 is 23.5 Å². The van der Waals surface area contributed by atoms with E-state index in [-0.39, 0.29) is 17.1 Å². The molecule has 0 aromatic heterocycles. The zero-order chi connectivity index (χ0) is 19.3. The van der Waals surface area contributed by atoms with Crippen LogP contribution in [0.15, 0.2) is 36.4 Å². The number of amides is 1. The van der Waals surface area contributed by atoms with E-state index >= 15 is 0 Å². The molecule has 0 aliphatic rings. The molecule has 0 aliphatic carbocycles. The van der Waals surface area contributed by atoms with Gasteiger partial charge in [0.15, 0.2) is 17.7 Å².